The van der Waals surface area contributed by atoms with Crippen LogP contribution in [0, 0.1) is 6.92 Å². The molecule has 0 saturated heterocycles. The molecule has 0 bridgehead atoms. The van der Waals surface area contributed by atoms with Gasteiger partial charge >= 0.3 is 0 Å². The van der Waals surface area contributed by atoms with E-state index in [2.05, 4.69) is 45.5 Å². The first-order valence-electron chi connectivity index (χ1n) is 8.41. The van der Waals surface area contributed by atoms with Crippen molar-refractivity contribution in [1.29, 1.82) is 0 Å². The van der Waals surface area contributed by atoms with Crippen LogP contribution in [0.15, 0.2) is 24.8 Å². The second-order valence-corrected chi connectivity index (χ2v) is 12.6. The molecule has 3 heterocycles. The maximum Gasteiger partial charge on any atom is 0.145 e. The number of nitrogens with one attached hydrogen (secondary N) is 1. The van der Waals surface area contributed by atoms with Crippen LogP contribution >= 0.6 is 0 Å². The van der Waals surface area contributed by atoms with Gasteiger partial charge in [-0.3, -0.25) is 5.10 Å². The highest BCUT2D eigenvalue weighted by atomic mass is 28.3. The number of aromatic nitrogens is 5. The highest BCUT2D eigenvalue weighted by molar-refractivity contribution is 6.76. The average Bonchev–Trinajstić information content (AvgIpc) is 3.19. The van der Waals surface area contributed by atoms with Gasteiger partial charge in [0.05, 0.1) is 11.9 Å². The molecule has 0 amide bonds. The Morgan fingerprint density at radius 3 is 2.64 bits per heavy atom. The van der Waals surface area contributed by atoms with Crippen LogP contribution in [0.5, 0.6) is 0 Å². The van der Waals surface area contributed by atoms with Gasteiger partial charge in [-0.1, -0.05) is 19.6 Å². The molecule has 0 radical (unpaired) electrons. The van der Waals surface area contributed by atoms with Crippen LogP contribution in [0.25, 0.3) is 22.3 Å². The monoisotopic (exact) mass is 360 g/mol. The lowest BCUT2D eigenvalue weighted by atomic mass is 10.1. The minimum absolute atomic E-state index is 0.523. The molecule has 7 nitrogen and oxygen atoms in total. The van der Waals surface area contributed by atoms with Gasteiger partial charge in [0.1, 0.15) is 18.7 Å². The zero-order valence-electron chi connectivity index (χ0n) is 15.7. The molecule has 0 aliphatic heterocycles. The van der Waals surface area contributed by atoms with E-state index in [1.165, 1.54) is 13.1 Å². The van der Waals surface area contributed by atoms with Crippen molar-refractivity contribution in [2.45, 2.75) is 39.3 Å². The number of fused-ring (bicyclic) bond motifs is 1. The minimum Gasteiger partial charge on any atom is -0.361 e. The summed E-state index contributed by atoms with van der Waals surface area (Å²) in [7, 11) is 0.445. The topological polar surface area (TPSA) is 94.6 Å². The summed E-state index contributed by atoms with van der Waals surface area (Å²) in [4.78, 5) is 8.85. The van der Waals surface area contributed by atoms with Gasteiger partial charge in [-0.05, 0) is 26.1 Å². The molecule has 8 heteroatoms. The van der Waals surface area contributed by atoms with Gasteiger partial charge in [-0.25, -0.2) is 9.97 Å². The Labute approximate surface area is 149 Å². The van der Waals surface area contributed by atoms with E-state index in [9.17, 15) is 0 Å². The van der Waals surface area contributed by atoms with Crippen LogP contribution in [-0.4, -0.2) is 46.5 Å². The molecule has 3 N–H and O–H groups in total. The number of rotatable bonds is 6. The van der Waals surface area contributed by atoms with E-state index in [0.29, 0.717) is 6.73 Å². The Hall–Kier alpha value is -2.03. The number of nitrogens with two attached hydrogens (primary N) is 1. The van der Waals surface area contributed by atoms with Crippen LogP contribution in [0.4, 0.5) is 0 Å². The van der Waals surface area contributed by atoms with E-state index in [-0.39, 0.29) is 0 Å². The number of hydrogen-bond donors (Lipinski definition) is 2. The smallest absolute Gasteiger partial charge is 0.145 e. The first-order valence-corrected chi connectivity index (χ1v) is 12.1. The first-order chi connectivity index (χ1) is 12.0. The third-order valence-electron chi connectivity index (χ3n) is 3.87. The standard InChI is InChI=1S/C16H23N5OSi.CH5N/c1-12-14(9-19-20-12)15-13-5-6-21(16(13)18-10-17-15)11-22-7-8-23(2,3)4;1-2/h5-6,9-10H,7-8,11H2,1-4H3,(H,19,20);2H2,1H3. The zero-order chi connectivity index (χ0) is 18.4. The Kier molecular flexibility index (Phi) is 6.46. The fraction of sp³-hybridized carbons (Fsp3) is 0.471. The van der Waals surface area contributed by atoms with E-state index >= 15 is 0 Å². The highest BCUT2D eigenvalue weighted by Crippen LogP contribution is 2.27. The molecular formula is C17H28N6OSi. The molecule has 3 aromatic rings. The van der Waals surface area contributed by atoms with Crippen molar-refractivity contribution in [3.63, 3.8) is 0 Å². The molecule has 3 rings (SSSR count). The van der Waals surface area contributed by atoms with Crippen molar-refractivity contribution in [3.05, 3.63) is 30.5 Å². The fourth-order valence-electron chi connectivity index (χ4n) is 2.45. The predicted molar refractivity (Wildman–Crippen MR) is 104 cm³/mol. The van der Waals surface area contributed by atoms with E-state index in [1.54, 1.807) is 12.5 Å². The number of aryl methyl sites for hydroxylation is 1. The summed E-state index contributed by atoms with van der Waals surface area (Å²) in [5.41, 5.74) is 8.31. The zero-order valence-corrected chi connectivity index (χ0v) is 16.7. The van der Waals surface area contributed by atoms with Crippen molar-refractivity contribution in [3.8, 4) is 11.3 Å². The van der Waals surface area contributed by atoms with E-state index < -0.39 is 8.07 Å². The van der Waals surface area contributed by atoms with Gasteiger partial charge < -0.3 is 15.0 Å². The molecule has 0 saturated carbocycles. The van der Waals surface area contributed by atoms with E-state index in [1.807, 2.05) is 23.8 Å². The second-order valence-electron chi connectivity index (χ2n) is 7.00. The van der Waals surface area contributed by atoms with Crippen molar-refractivity contribution in [2.75, 3.05) is 13.7 Å². The normalized spacial score (nSPS) is 11.4. The SMILES string of the molecule is CN.Cc1[nH]ncc1-c1ncnc2c1ccn2COCC[Si](C)(C)C. The molecule has 0 aliphatic rings. The van der Waals surface area contributed by atoms with Gasteiger partial charge in [0.15, 0.2) is 0 Å². The van der Waals surface area contributed by atoms with Gasteiger partial charge in [-0.15, -0.1) is 0 Å². The first kappa shape index (κ1) is 19.3. The van der Waals surface area contributed by atoms with Crippen LogP contribution in [0.1, 0.15) is 5.69 Å². The summed E-state index contributed by atoms with van der Waals surface area (Å²) >= 11 is 0. The maximum atomic E-state index is 5.84. The van der Waals surface area contributed by atoms with Gasteiger partial charge in [0.2, 0.25) is 0 Å². The quantitative estimate of drug-likeness (QED) is 0.520. The summed E-state index contributed by atoms with van der Waals surface area (Å²) in [6.45, 7) is 10.4. The minimum atomic E-state index is -1.05. The Balaban J connectivity index is 0.00000109. The lowest BCUT2D eigenvalue weighted by Gasteiger charge is -2.15. The van der Waals surface area contributed by atoms with Crippen LogP contribution in [-0.2, 0) is 11.5 Å². The molecule has 0 unspecified atom stereocenters. The highest BCUT2D eigenvalue weighted by Gasteiger charge is 2.14. The van der Waals surface area contributed by atoms with E-state index in [0.717, 1.165) is 34.6 Å². The number of nitrogens with zero attached hydrogens (tertiary/aromatic N) is 4. The lowest BCUT2D eigenvalue weighted by molar-refractivity contribution is 0.0899. The van der Waals surface area contributed by atoms with Crippen molar-refractivity contribution in [1.82, 2.24) is 24.7 Å². The molecule has 0 fully saturated rings. The summed E-state index contributed by atoms with van der Waals surface area (Å²) in [5, 5.41) is 8.06. The third kappa shape index (κ3) is 4.74. The summed E-state index contributed by atoms with van der Waals surface area (Å²) in [6, 6.07) is 3.21. The second kappa shape index (κ2) is 8.37. The molecule has 0 aliphatic carbocycles. The van der Waals surface area contributed by atoms with Gasteiger partial charge in [0.25, 0.3) is 0 Å². The summed E-state index contributed by atoms with van der Waals surface area (Å²) in [6.07, 6.45) is 5.41. The molecular weight excluding hydrogens is 332 g/mol. The van der Waals surface area contributed by atoms with Crippen LogP contribution in [0.3, 0.4) is 0 Å². The van der Waals surface area contributed by atoms with Gasteiger partial charge in [-0.2, -0.15) is 5.10 Å². The number of H-pyrrole nitrogens is 1. The van der Waals surface area contributed by atoms with Crippen molar-refractivity contribution < 1.29 is 4.74 Å². The van der Waals surface area contributed by atoms with Crippen LogP contribution in [0.2, 0.25) is 25.7 Å². The summed E-state index contributed by atoms with van der Waals surface area (Å²) in [5.74, 6) is 0. The fourth-order valence-corrected chi connectivity index (χ4v) is 3.21. The number of hydrogen-bond acceptors (Lipinski definition) is 5. The largest absolute Gasteiger partial charge is 0.361 e. The van der Waals surface area contributed by atoms with Crippen molar-refractivity contribution in [2.24, 2.45) is 5.73 Å². The molecule has 136 valence electrons. The molecule has 3 aromatic heterocycles. The Morgan fingerprint density at radius 1 is 1.24 bits per heavy atom. The average molecular weight is 361 g/mol. The number of ether oxygens (including phenoxy) is 1. The Bertz CT molecular complexity index is 805. The lowest BCUT2D eigenvalue weighted by Crippen LogP contribution is -2.22. The molecule has 25 heavy (non-hydrogen) atoms. The molecule has 0 atom stereocenters. The third-order valence-corrected chi connectivity index (χ3v) is 5.57. The number of aromatic amines is 1. The molecule has 0 spiro atoms. The Morgan fingerprint density at radius 2 is 2.00 bits per heavy atom. The molecule has 0 aromatic carbocycles. The van der Waals surface area contributed by atoms with E-state index in [4.69, 9.17) is 4.74 Å². The van der Waals surface area contributed by atoms with Crippen LogP contribution < -0.4 is 5.73 Å². The maximum absolute atomic E-state index is 5.84. The van der Waals surface area contributed by atoms with Crippen molar-refractivity contribution >= 4 is 19.1 Å². The summed E-state index contributed by atoms with van der Waals surface area (Å²) < 4.78 is 7.86. The van der Waals surface area contributed by atoms with Gasteiger partial charge in [0, 0.05) is 37.5 Å². The predicted octanol–water partition coefficient (Wildman–Crippen LogP) is 3.02.